The van der Waals surface area contributed by atoms with Crippen LogP contribution in [0.15, 0.2) is 122 Å². The molecule has 2 atom stereocenters. The molecule has 410 valence electrons. The first kappa shape index (κ1) is 55.9. The van der Waals surface area contributed by atoms with Crippen LogP contribution in [0.2, 0.25) is 0 Å². The molecule has 0 fully saturated rings. The summed E-state index contributed by atoms with van der Waals surface area (Å²) in [6.45, 7) is 12.0. The molecular formula is C60H74N12O6. The van der Waals surface area contributed by atoms with Crippen molar-refractivity contribution in [2.75, 3.05) is 50.0 Å². The fourth-order valence-electron chi connectivity index (χ4n) is 8.91. The number of imidazole rings is 2. The van der Waals surface area contributed by atoms with E-state index in [1.807, 2.05) is 109 Å². The normalized spacial score (nSPS) is 12.0. The number of carbonyl (C=O) groups is 2. The number of ether oxygens (including phenoxy) is 4. The number of hydrogen-bond donors (Lipinski definition) is 4. The third kappa shape index (κ3) is 16.4. The van der Waals surface area contributed by atoms with E-state index in [9.17, 15) is 9.59 Å². The fraction of sp³-hybridized carbons (Fsp3) is 0.400. The minimum Gasteiger partial charge on any atom is -0.492 e. The predicted molar refractivity (Wildman–Crippen MR) is 305 cm³/mol. The molecule has 4 N–H and O–H groups in total. The lowest BCUT2D eigenvalue weighted by Gasteiger charge is -2.16. The smallest absolute Gasteiger partial charge is 0.247 e. The summed E-state index contributed by atoms with van der Waals surface area (Å²) in [6, 6.07) is 35.3. The maximum atomic E-state index is 13.3. The maximum absolute atomic E-state index is 13.3. The summed E-state index contributed by atoms with van der Waals surface area (Å²) < 4.78 is 28.0. The maximum Gasteiger partial charge on any atom is 0.247 e. The van der Waals surface area contributed by atoms with Crippen molar-refractivity contribution in [2.45, 2.75) is 105 Å². The highest BCUT2D eigenvalue weighted by Gasteiger charge is 2.20. The quantitative estimate of drug-likeness (QED) is 0.0283. The standard InChI is InChI=1S/C60H74N12O6/c1-5-9-19-43(7-3)35-63-59-67-55-53(57(69-59)77-39-45-21-13-11-14-22-45)65-41-71(55)37-51(73)61-29-31-75-49-27-17-25-47(33-49)48-26-18-28-50(34-48)76-32-30-62-52(74)38-72-42-66-54-56(72)68-60(64-36-44(8-4)20-10-6-2)70-58(54)78-40-46-23-15-12-16-24-46/h11-18,21-28,33-34,41-44H,5-10,19-20,29-32,35-40H2,1-4H3,(H,61,73)(H,62,74)(H,63,67,69)(H,64,68,70). The summed E-state index contributed by atoms with van der Waals surface area (Å²) in [5.41, 5.74) is 5.86. The molecule has 0 bridgehead atoms. The van der Waals surface area contributed by atoms with Gasteiger partial charge in [-0.25, -0.2) is 9.97 Å². The van der Waals surface area contributed by atoms with E-state index < -0.39 is 0 Å². The van der Waals surface area contributed by atoms with Crippen LogP contribution in [0, 0.1) is 11.8 Å². The average molecular weight is 1060 g/mol. The van der Waals surface area contributed by atoms with Gasteiger partial charge >= 0.3 is 0 Å². The summed E-state index contributed by atoms with van der Waals surface area (Å²) >= 11 is 0. The molecule has 0 aliphatic rings. The molecule has 2 amide bonds. The van der Waals surface area contributed by atoms with Gasteiger partial charge in [0.1, 0.15) is 51.0 Å². The molecule has 0 spiro atoms. The molecule has 0 saturated heterocycles. The number of fused-ring (bicyclic) bond motifs is 2. The van der Waals surface area contributed by atoms with Gasteiger partial charge in [-0.1, -0.05) is 151 Å². The van der Waals surface area contributed by atoms with Crippen molar-refractivity contribution in [3.05, 3.63) is 133 Å². The minimum absolute atomic E-state index is 0.00302. The zero-order chi connectivity index (χ0) is 54.3. The van der Waals surface area contributed by atoms with E-state index in [-0.39, 0.29) is 51.2 Å². The lowest BCUT2D eigenvalue weighted by Crippen LogP contribution is -2.31. The molecule has 18 nitrogen and oxygen atoms in total. The van der Waals surface area contributed by atoms with Crippen molar-refractivity contribution < 1.29 is 28.5 Å². The first-order valence-corrected chi connectivity index (χ1v) is 27.5. The first-order valence-electron chi connectivity index (χ1n) is 27.5. The van der Waals surface area contributed by atoms with E-state index >= 15 is 0 Å². The number of carbonyl (C=O) groups excluding carboxylic acids is 2. The molecule has 0 aliphatic heterocycles. The summed E-state index contributed by atoms with van der Waals surface area (Å²) in [7, 11) is 0. The highest BCUT2D eigenvalue weighted by Crippen LogP contribution is 2.29. The van der Waals surface area contributed by atoms with Crippen molar-refractivity contribution in [2.24, 2.45) is 11.8 Å². The lowest BCUT2D eigenvalue weighted by atomic mass is 9.99. The number of benzene rings is 4. The highest BCUT2D eigenvalue weighted by molar-refractivity contribution is 5.82. The van der Waals surface area contributed by atoms with E-state index in [1.54, 1.807) is 21.8 Å². The van der Waals surface area contributed by atoms with Gasteiger partial charge in [0.05, 0.1) is 25.7 Å². The second-order valence-electron chi connectivity index (χ2n) is 19.4. The second-order valence-corrected chi connectivity index (χ2v) is 19.4. The number of nitrogens with one attached hydrogen (secondary N) is 4. The van der Waals surface area contributed by atoms with Crippen molar-refractivity contribution >= 4 is 46.0 Å². The molecule has 78 heavy (non-hydrogen) atoms. The van der Waals surface area contributed by atoms with Crippen LogP contribution in [-0.4, -0.2) is 90.2 Å². The topological polar surface area (TPSA) is 206 Å². The zero-order valence-electron chi connectivity index (χ0n) is 45.5. The summed E-state index contributed by atoms with van der Waals surface area (Å²) in [5, 5.41) is 12.8. The van der Waals surface area contributed by atoms with E-state index in [4.69, 9.17) is 38.9 Å². The molecule has 0 aliphatic carbocycles. The first-order chi connectivity index (χ1) is 38.3. The molecule has 4 heterocycles. The Labute approximate surface area is 457 Å². The number of unbranched alkanes of at least 4 members (excludes halogenated alkanes) is 2. The Morgan fingerprint density at radius 3 is 1.37 bits per heavy atom. The Balaban J connectivity index is 0.809. The van der Waals surface area contributed by atoms with Crippen LogP contribution in [0.5, 0.6) is 23.3 Å². The third-order valence-corrected chi connectivity index (χ3v) is 13.5. The zero-order valence-corrected chi connectivity index (χ0v) is 45.5. The number of anilines is 2. The Hall–Kier alpha value is -8.28. The molecule has 0 saturated carbocycles. The van der Waals surface area contributed by atoms with Gasteiger partial charge in [0.15, 0.2) is 22.3 Å². The predicted octanol–water partition coefficient (Wildman–Crippen LogP) is 10.4. The van der Waals surface area contributed by atoms with Gasteiger partial charge in [-0.3, -0.25) is 9.59 Å². The number of aromatic nitrogens is 8. The number of nitrogens with zero attached hydrogens (tertiary/aromatic N) is 8. The molecule has 0 radical (unpaired) electrons. The summed E-state index contributed by atoms with van der Waals surface area (Å²) in [5.74, 6) is 3.46. The van der Waals surface area contributed by atoms with Crippen LogP contribution in [0.4, 0.5) is 11.9 Å². The van der Waals surface area contributed by atoms with E-state index in [0.717, 1.165) is 73.9 Å². The summed E-state index contributed by atoms with van der Waals surface area (Å²) in [4.78, 5) is 54.7. The summed E-state index contributed by atoms with van der Waals surface area (Å²) in [6.07, 6.45) is 12.2. The van der Waals surface area contributed by atoms with Gasteiger partial charge in [0.25, 0.3) is 0 Å². The van der Waals surface area contributed by atoms with Crippen molar-refractivity contribution in [3.63, 3.8) is 0 Å². The molecular weight excluding hydrogens is 985 g/mol. The van der Waals surface area contributed by atoms with Gasteiger partial charge in [0, 0.05) is 13.1 Å². The van der Waals surface area contributed by atoms with Crippen molar-refractivity contribution in [1.29, 1.82) is 0 Å². The monoisotopic (exact) mass is 1060 g/mol. The lowest BCUT2D eigenvalue weighted by molar-refractivity contribution is -0.122. The molecule has 8 rings (SSSR count). The van der Waals surface area contributed by atoms with Crippen molar-refractivity contribution in [1.82, 2.24) is 49.7 Å². The fourth-order valence-corrected chi connectivity index (χ4v) is 8.91. The third-order valence-electron chi connectivity index (χ3n) is 13.5. The van der Waals surface area contributed by atoms with Crippen LogP contribution in [0.1, 0.15) is 90.2 Å². The van der Waals surface area contributed by atoms with Crippen LogP contribution in [0.25, 0.3) is 33.5 Å². The van der Waals surface area contributed by atoms with E-state index in [0.29, 0.717) is 82.5 Å². The second kappa shape index (κ2) is 29.3. The molecule has 18 heteroatoms. The molecule has 8 aromatic rings. The van der Waals surface area contributed by atoms with Crippen LogP contribution >= 0.6 is 0 Å². The van der Waals surface area contributed by atoms with E-state index in [1.165, 1.54) is 12.8 Å². The van der Waals surface area contributed by atoms with Crippen molar-refractivity contribution in [3.8, 4) is 34.4 Å². The Bertz CT molecular complexity index is 2920. The highest BCUT2D eigenvalue weighted by atomic mass is 16.5. The number of rotatable bonds is 33. The van der Waals surface area contributed by atoms with Gasteiger partial charge in [-0.05, 0) is 71.2 Å². The van der Waals surface area contributed by atoms with Gasteiger partial charge in [0.2, 0.25) is 35.5 Å². The van der Waals surface area contributed by atoms with Crippen LogP contribution in [-0.2, 0) is 35.9 Å². The SMILES string of the molecule is CCCCC(CC)CNc1nc(OCc2ccccc2)c2ncn(CC(=O)NCCOc3cccc(-c4cccc(OCCNC(=O)Cn5cnc6c(OCc7ccccc7)nc(NCC(CC)CCCC)nc65)c4)c3)c2n1. The minimum atomic E-state index is -0.213. The van der Waals surface area contributed by atoms with Crippen LogP contribution < -0.4 is 40.2 Å². The number of amides is 2. The Morgan fingerprint density at radius 1 is 0.526 bits per heavy atom. The Kier molecular flexibility index (Phi) is 21.0. The van der Waals surface area contributed by atoms with Gasteiger partial charge in [-0.2, -0.15) is 19.9 Å². The molecule has 2 unspecified atom stereocenters. The van der Waals surface area contributed by atoms with Gasteiger partial charge < -0.3 is 49.3 Å². The average Bonchev–Trinajstić information content (AvgIpc) is 4.17. The number of hydrogen-bond acceptors (Lipinski definition) is 14. The molecule has 4 aromatic heterocycles. The largest absolute Gasteiger partial charge is 0.492 e. The van der Waals surface area contributed by atoms with E-state index in [2.05, 4.69) is 58.9 Å². The molecule has 4 aromatic carbocycles. The van der Waals surface area contributed by atoms with Crippen LogP contribution in [0.3, 0.4) is 0 Å². The van der Waals surface area contributed by atoms with Gasteiger partial charge in [-0.15, -0.1) is 0 Å². The Morgan fingerprint density at radius 2 is 0.962 bits per heavy atom.